The van der Waals surface area contributed by atoms with Gasteiger partial charge < -0.3 is 15.0 Å². The lowest BCUT2D eigenvalue weighted by Gasteiger charge is -2.27. The Morgan fingerprint density at radius 1 is 0.707 bits per heavy atom. The normalized spacial score (nSPS) is 10.8. The zero-order valence-electron chi connectivity index (χ0n) is 23.4. The summed E-state index contributed by atoms with van der Waals surface area (Å²) in [6.07, 6.45) is 0.791. The molecular formula is C37H36N2O2. The summed E-state index contributed by atoms with van der Waals surface area (Å²) in [5.74, 6) is 0.962. The monoisotopic (exact) mass is 540 g/mol. The van der Waals surface area contributed by atoms with Crippen LogP contribution < -0.4 is 10.1 Å². The zero-order valence-corrected chi connectivity index (χ0v) is 23.4. The van der Waals surface area contributed by atoms with Crippen molar-refractivity contribution in [1.29, 1.82) is 0 Å². The molecule has 1 N–H and O–H groups in total. The Labute approximate surface area is 243 Å². The van der Waals surface area contributed by atoms with E-state index in [1.807, 2.05) is 90.7 Å². The lowest BCUT2D eigenvalue weighted by molar-refractivity contribution is 0.207. The van der Waals surface area contributed by atoms with Crippen molar-refractivity contribution in [1.82, 2.24) is 4.90 Å². The van der Waals surface area contributed by atoms with Gasteiger partial charge in [-0.05, 0) is 59.9 Å². The molecule has 5 aromatic carbocycles. The number of rotatable bonds is 11. The van der Waals surface area contributed by atoms with Crippen LogP contribution in [0.25, 0.3) is 0 Å². The Bertz CT molecular complexity index is 1460. The smallest absolute Gasteiger partial charge is 0.322 e. The van der Waals surface area contributed by atoms with Gasteiger partial charge in [0, 0.05) is 24.7 Å². The van der Waals surface area contributed by atoms with Gasteiger partial charge in [-0.2, -0.15) is 0 Å². The van der Waals surface area contributed by atoms with Crippen LogP contribution in [0.3, 0.4) is 0 Å². The third-order valence-electron chi connectivity index (χ3n) is 7.20. The van der Waals surface area contributed by atoms with Crippen molar-refractivity contribution in [2.75, 3.05) is 11.9 Å². The van der Waals surface area contributed by atoms with Crippen LogP contribution in [0.2, 0.25) is 0 Å². The number of aryl methyl sites for hydroxylation is 1. The van der Waals surface area contributed by atoms with E-state index in [0.717, 1.165) is 34.5 Å². The van der Waals surface area contributed by atoms with E-state index >= 15 is 0 Å². The number of carbonyl (C=O) groups excluding carboxylic acids is 1. The maximum absolute atomic E-state index is 13.7. The van der Waals surface area contributed by atoms with Gasteiger partial charge in [0.05, 0.1) is 0 Å². The van der Waals surface area contributed by atoms with Gasteiger partial charge >= 0.3 is 6.03 Å². The van der Waals surface area contributed by atoms with E-state index in [1.54, 1.807) is 0 Å². The molecule has 0 radical (unpaired) electrons. The number of carbonyl (C=O) groups is 1. The van der Waals surface area contributed by atoms with Gasteiger partial charge in [-0.15, -0.1) is 0 Å². The van der Waals surface area contributed by atoms with Gasteiger partial charge in [0.25, 0.3) is 0 Å². The highest BCUT2D eigenvalue weighted by atomic mass is 16.5. The first-order chi connectivity index (χ1) is 20.1. The molecule has 0 unspecified atom stereocenters. The number of benzene rings is 5. The number of nitrogens with zero attached hydrogens (tertiary/aromatic N) is 1. The van der Waals surface area contributed by atoms with E-state index in [9.17, 15) is 4.79 Å². The Balaban J connectivity index is 1.35. The highest BCUT2D eigenvalue weighted by Crippen LogP contribution is 2.29. The van der Waals surface area contributed by atoms with Crippen molar-refractivity contribution in [3.63, 3.8) is 0 Å². The van der Waals surface area contributed by atoms with E-state index in [-0.39, 0.29) is 11.9 Å². The minimum Gasteiger partial charge on any atom is -0.489 e. The number of urea groups is 1. The average molecular weight is 541 g/mol. The lowest BCUT2D eigenvalue weighted by atomic mass is 9.88. The molecule has 0 fully saturated rings. The van der Waals surface area contributed by atoms with Gasteiger partial charge in [-0.25, -0.2) is 4.79 Å². The minimum atomic E-state index is -0.121. The summed E-state index contributed by atoms with van der Waals surface area (Å²) in [6, 6.07) is 47.0. The summed E-state index contributed by atoms with van der Waals surface area (Å²) in [5.41, 5.74) is 6.56. The minimum absolute atomic E-state index is 0.121. The number of hydrogen-bond acceptors (Lipinski definition) is 2. The second-order valence-corrected chi connectivity index (χ2v) is 10.3. The molecule has 0 bridgehead atoms. The van der Waals surface area contributed by atoms with Crippen LogP contribution in [0.15, 0.2) is 140 Å². The number of amides is 2. The first-order valence-electron chi connectivity index (χ1n) is 14.1. The molecule has 206 valence electrons. The van der Waals surface area contributed by atoms with Crippen molar-refractivity contribution in [3.8, 4) is 5.75 Å². The molecule has 5 rings (SSSR count). The maximum atomic E-state index is 13.7. The fourth-order valence-electron chi connectivity index (χ4n) is 4.97. The fraction of sp³-hybridized carbons (Fsp3) is 0.162. The quantitative estimate of drug-likeness (QED) is 0.182. The Morgan fingerprint density at radius 2 is 1.29 bits per heavy atom. The molecule has 5 aromatic rings. The van der Waals surface area contributed by atoms with Gasteiger partial charge in [-0.3, -0.25) is 0 Å². The lowest BCUT2D eigenvalue weighted by Crippen LogP contribution is -2.36. The van der Waals surface area contributed by atoms with Crippen molar-refractivity contribution >= 4 is 11.7 Å². The summed E-state index contributed by atoms with van der Waals surface area (Å²) in [7, 11) is 0. The second-order valence-electron chi connectivity index (χ2n) is 10.3. The van der Waals surface area contributed by atoms with Crippen LogP contribution in [-0.2, 0) is 13.2 Å². The van der Waals surface area contributed by atoms with Crippen LogP contribution in [0.5, 0.6) is 5.75 Å². The Morgan fingerprint density at radius 3 is 1.93 bits per heavy atom. The molecule has 0 heterocycles. The summed E-state index contributed by atoms with van der Waals surface area (Å²) in [6.45, 7) is 3.59. The Hall–Kier alpha value is -4.83. The molecule has 2 amide bonds. The summed E-state index contributed by atoms with van der Waals surface area (Å²) >= 11 is 0. The molecule has 0 spiro atoms. The van der Waals surface area contributed by atoms with Crippen molar-refractivity contribution in [3.05, 3.63) is 167 Å². The van der Waals surface area contributed by atoms with Crippen LogP contribution in [0.4, 0.5) is 10.5 Å². The van der Waals surface area contributed by atoms with E-state index in [1.165, 1.54) is 11.1 Å². The molecule has 0 atom stereocenters. The molecule has 4 heteroatoms. The number of nitrogens with one attached hydrogen (secondary N) is 1. The number of anilines is 1. The highest BCUT2D eigenvalue weighted by Gasteiger charge is 2.20. The van der Waals surface area contributed by atoms with Crippen LogP contribution in [0.1, 0.15) is 40.2 Å². The van der Waals surface area contributed by atoms with E-state index < -0.39 is 0 Å². The first kappa shape index (κ1) is 27.7. The van der Waals surface area contributed by atoms with Gasteiger partial charge in [-0.1, -0.05) is 121 Å². The molecule has 0 saturated heterocycles. The van der Waals surface area contributed by atoms with Crippen LogP contribution in [-0.4, -0.2) is 17.5 Å². The molecular weight excluding hydrogens is 504 g/mol. The van der Waals surface area contributed by atoms with Crippen molar-refractivity contribution in [2.45, 2.75) is 32.4 Å². The topological polar surface area (TPSA) is 41.6 Å². The largest absolute Gasteiger partial charge is 0.489 e. The molecule has 0 saturated carbocycles. The Kier molecular flexibility index (Phi) is 9.46. The number of ether oxygens (including phenoxy) is 1. The molecule has 4 nitrogen and oxygen atoms in total. The van der Waals surface area contributed by atoms with Crippen molar-refractivity contribution < 1.29 is 9.53 Å². The second kappa shape index (κ2) is 14.0. The van der Waals surface area contributed by atoms with E-state index in [2.05, 4.69) is 66.0 Å². The molecule has 0 aliphatic carbocycles. The third kappa shape index (κ3) is 8.09. The van der Waals surface area contributed by atoms with Crippen LogP contribution >= 0.6 is 0 Å². The highest BCUT2D eigenvalue weighted by molar-refractivity contribution is 5.89. The molecule has 0 aromatic heterocycles. The van der Waals surface area contributed by atoms with Gasteiger partial charge in [0.15, 0.2) is 0 Å². The zero-order chi connectivity index (χ0) is 28.3. The SMILES string of the molecule is Cc1ccc(NC(=O)N(CCC(c2ccccc2)c2ccccc2)Cc2cccc(OCc3ccccc3)c2)cc1. The van der Waals surface area contributed by atoms with Crippen LogP contribution in [0, 0.1) is 6.92 Å². The predicted molar refractivity (Wildman–Crippen MR) is 167 cm³/mol. The fourth-order valence-corrected chi connectivity index (χ4v) is 4.97. The van der Waals surface area contributed by atoms with Gasteiger partial charge in [0.1, 0.15) is 12.4 Å². The molecule has 0 aliphatic heterocycles. The first-order valence-corrected chi connectivity index (χ1v) is 14.1. The standard InChI is InChI=1S/C37H36N2O2/c1-29-20-22-34(23-21-29)38-37(40)39(25-24-36(32-15-7-3-8-16-32)33-17-9-4-10-18-33)27-31-14-11-19-35(26-31)41-28-30-12-5-2-6-13-30/h2-23,26,36H,24-25,27-28H2,1H3,(H,38,40). The average Bonchev–Trinajstić information content (AvgIpc) is 3.02. The third-order valence-corrected chi connectivity index (χ3v) is 7.20. The van der Waals surface area contributed by atoms with E-state index in [0.29, 0.717) is 19.7 Å². The van der Waals surface area contributed by atoms with E-state index in [4.69, 9.17) is 4.74 Å². The summed E-state index contributed by atoms with van der Waals surface area (Å²) in [5, 5.41) is 3.11. The summed E-state index contributed by atoms with van der Waals surface area (Å²) < 4.78 is 6.08. The summed E-state index contributed by atoms with van der Waals surface area (Å²) in [4.78, 5) is 15.6. The molecule has 41 heavy (non-hydrogen) atoms. The van der Waals surface area contributed by atoms with Crippen molar-refractivity contribution in [2.24, 2.45) is 0 Å². The predicted octanol–water partition coefficient (Wildman–Crippen LogP) is 8.83. The number of hydrogen-bond donors (Lipinski definition) is 1. The van der Waals surface area contributed by atoms with Gasteiger partial charge in [0.2, 0.25) is 0 Å². The maximum Gasteiger partial charge on any atom is 0.322 e. The molecule has 0 aliphatic rings.